The largest absolute Gasteiger partial charge is 0.349 e. The predicted molar refractivity (Wildman–Crippen MR) is 88.1 cm³/mol. The van der Waals surface area contributed by atoms with Crippen molar-refractivity contribution in [3.8, 4) is 6.07 Å². The quantitative estimate of drug-likeness (QED) is 0.833. The summed E-state index contributed by atoms with van der Waals surface area (Å²) in [7, 11) is 0. The van der Waals surface area contributed by atoms with E-state index < -0.39 is 0 Å². The van der Waals surface area contributed by atoms with Crippen LogP contribution in [0.4, 0.5) is 5.69 Å². The highest BCUT2D eigenvalue weighted by atomic mass is 16.2. The second-order valence-electron chi connectivity index (χ2n) is 4.69. The van der Waals surface area contributed by atoms with E-state index >= 15 is 0 Å². The van der Waals surface area contributed by atoms with Crippen LogP contribution in [0.5, 0.6) is 0 Å². The fraction of sp³-hybridized carbons (Fsp3) is 0.0556. The molecule has 0 bridgehead atoms. The number of carbonyl (C=O) groups is 2. The zero-order valence-corrected chi connectivity index (χ0v) is 12.4. The van der Waals surface area contributed by atoms with E-state index in [1.165, 1.54) is 6.07 Å². The van der Waals surface area contributed by atoms with Crippen LogP contribution in [0.1, 0.15) is 26.3 Å². The van der Waals surface area contributed by atoms with Gasteiger partial charge >= 0.3 is 0 Å². The first-order chi connectivity index (χ1) is 11.2. The maximum absolute atomic E-state index is 12.3. The van der Waals surface area contributed by atoms with Gasteiger partial charge < -0.3 is 10.6 Å². The Morgan fingerprint density at radius 2 is 1.91 bits per heavy atom. The van der Waals surface area contributed by atoms with Gasteiger partial charge in [-0.3, -0.25) is 9.59 Å². The molecule has 0 atom stereocenters. The highest BCUT2D eigenvalue weighted by molar-refractivity contribution is 6.09. The highest BCUT2D eigenvalue weighted by Gasteiger charge is 2.13. The van der Waals surface area contributed by atoms with E-state index in [4.69, 9.17) is 5.26 Å². The van der Waals surface area contributed by atoms with E-state index in [1.807, 2.05) is 6.07 Å². The molecule has 5 heteroatoms. The smallest absolute Gasteiger partial charge is 0.255 e. The molecule has 0 saturated carbocycles. The Bertz CT molecular complexity index is 791. The Labute approximate surface area is 134 Å². The summed E-state index contributed by atoms with van der Waals surface area (Å²) in [6.45, 7) is 3.88. The van der Waals surface area contributed by atoms with Gasteiger partial charge in [0.15, 0.2) is 0 Å². The minimum absolute atomic E-state index is 0.299. The molecule has 0 aliphatic carbocycles. The van der Waals surface area contributed by atoms with Crippen molar-refractivity contribution < 1.29 is 9.59 Å². The number of rotatable bonds is 5. The second kappa shape index (κ2) is 7.57. The van der Waals surface area contributed by atoms with Gasteiger partial charge in [-0.05, 0) is 30.3 Å². The Morgan fingerprint density at radius 1 is 1.13 bits per heavy atom. The fourth-order valence-electron chi connectivity index (χ4n) is 1.97. The normalized spacial score (nSPS) is 9.52. The first-order valence-electron chi connectivity index (χ1n) is 6.95. The van der Waals surface area contributed by atoms with Crippen molar-refractivity contribution in [2.24, 2.45) is 0 Å². The summed E-state index contributed by atoms with van der Waals surface area (Å²) in [6, 6.07) is 15.1. The summed E-state index contributed by atoms with van der Waals surface area (Å²) in [4.78, 5) is 24.4. The first-order valence-corrected chi connectivity index (χ1v) is 6.95. The van der Waals surface area contributed by atoms with E-state index in [9.17, 15) is 9.59 Å². The Kier molecular flexibility index (Phi) is 5.26. The van der Waals surface area contributed by atoms with Crippen LogP contribution in [0.25, 0.3) is 0 Å². The number of para-hydroxylation sites is 1. The summed E-state index contributed by atoms with van der Waals surface area (Å²) in [6.07, 6.45) is 1.58. The Balaban J connectivity index is 2.22. The number of amides is 2. The van der Waals surface area contributed by atoms with E-state index in [1.54, 1.807) is 48.5 Å². The Hall–Kier alpha value is -3.39. The van der Waals surface area contributed by atoms with Crippen LogP contribution < -0.4 is 10.6 Å². The monoisotopic (exact) mass is 305 g/mol. The molecule has 0 radical (unpaired) electrons. The minimum atomic E-state index is -0.383. The molecule has 2 rings (SSSR count). The first kappa shape index (κ1) is 16.0. The number of carbonyl (C=O) groups excluding carboxylic acids is 2. The van der Waals surface area contributed by atoms with Gasteiger partial charge in [0.25, 0.3) is 11.8 Å². The lowest BCUT2D eigenvalue weighted by molar-refractivity contribution is 0.0959. The maximum atomic E-state index is 12.3. The molecule has 5 nitrogen and oxygen atoms in total. The molecule has 0 spiro atoms. The zero-order valence-electron chi connectivity index (χ0n) is 12.4. The van der Waals surface area contributed by atoms with Crippen molar-refractivity contribution in [1.82, 2.24) is 5.32 Å². The number of anilines is 1. The molecule has 114 valence electrons. The van der Waals surface area contributed by atoms with Crippen LogP contribution in [0.2, 0.25) is 0 Å². The number of nitriles is 1. The molecule has 0 aliphatic heterocycles. The van der Waals surface area contributed by atoms with Gasteiger partial charge in [0.2, 0.25) is 0 Å². The van der Waals surface area contributed by atoms with Crippen LogP contribution in [-0.4, -0.2) is 18.4 Å². The summed E-state index contributed by atoms with van der Waals surface area (Å²) in [5.74, 6) is -0.683. The Morgan fingerprint density at radius 3 is 2.65 bits per heavy atom. The molecule has 2 aromatic carbocycles. The third-order valence-corrected chi connectivity index (χ3v) is 3.08. The van der Waals surface area contributed by atoms with E-state index in [0.717, 1.165) is 0 Å². The SMILES string of the molecule is C=CCNC(=O)c1ccccc1NC(=O)c1cccc(C#N)c1. The number of nitrogens with zero attached hydrogens (tertiary/aromatic N) is 1. The van der Waals surface area contributed by atoms with Crippen molar-refractivity contribution in [2.45, 2.75) is 0 Å². The summed E-state index contributed by atoms with van der Waals surface area (Å²) in [5, 5.41) is 14.3. The molecule has 0 fully saturated rings. The van der Waals surface area contributed by atoms with Gasteiger partial charge in [-0.1, -0.05) is 24.3 Å². The van der Waals surface area contributed by atoms with Crippen molar-refractivity contribution in [2.75, 3.05) is 11.9 Å². The molecule has 0 aliphatic rings. The van der Waals surface area contributed by atoms with E-state index in [0.29, 0.717) is 28.9 Å². The molecule has 23 heavy (non-hydrogen) atoms. The van der Waals surface area contributed by atoms with Gasteiger partial charge in [-0.15, -0.1) is 6.58 Å². The van der Waals surface area contributed by atoms with Gasteiger partial charge in [0.05, 0.1) is 22.9 Å². The minimum Gasteiger partial charge on any atom is -0.349 e. The molecule has 2 amide bonds. The van der Waals surface area contributed by atoms with Crippen LogP contribution in [0.3, 0.4) is 0 Å². The molecule has 0 heterocycles. The van der Waals surface area contributed by atoms with Crippen molar-refractivity contribution >= 4 is 17.5 Å². The number of nitrogens with one attached hydrogen (secondary N) is 2. The topological polar surface area (TPSA) is 82.0 Å². The summed E-state index contributed by atoms with van der Waals surface area (Å²) in [5.41, 5.74) is 1.51. The zero-order chi connectivity index (χ0) is 16.7. The molecule has 2 aromatic rings. The summed E-state index contributed by atoms with van der Waals surface area (Å²) >= 11 is 0. The maximum Gasteiger partial charge on any atom is 0.255 e. The lowest BCUT2D eigenvalue weighted by Crippen LogP contribution is -2.25. The molecule has 2 N–H and O–H groups in total. The summed E-state index contributed by atoms with van der Waals surface area (Å²) < 4.78 is 0. The molecule has 0 unspecified atom stereocenters. The van der Waals surface area contributed by atoms with Crippen LogP contribution in [0, 0.1) is 11.3 Å². The van der Waals surface area contributed by atoms with Crippen molar-refractivity contribution in [3.63, 3.8) is 0 Å². The molecular weight excluding hydrogens is 290 g/mol. The number of benzene rings is 2. The van der Waals surface area contributed by atoms with E-state index in [-0.39, 0.29) is 11.8 Å². The fourth-order valence-corrected chi connectivity index (χ4v) is 1.97. The van der Waals surface area contributed by atoms with Gasteiger partial charge in [-0.25, -0.2) is 0 Å². The molecule has 0 aromatic heterocycles. The van der Waals surface area contributed by atoms with Gasteiger partial charge in [0, 0.05) is 12.1 Å². The van der Waals surface area contributed by atoms with Crippen LogP contribution in [0.15, 0.2) is 61.2 Å². The van der Waals surface area contributed by atoms with Crippen molar-refractivity contribution in [1.29, 1.82) is 5.26 Å². The van der Waals surface area contributed by atoms with Gasteiger partial charge in [-0.2, -0.15) is 5.26 Å². The van der Waals surface area contributed by atoms with Crippen LogP contribution >= 0.6 is 0 Å². The second-order valence-corrected chi connectivity index (χ2v) is 4.69. The molecule has 0 saturated heterocycles. The lowest BCUT2D eigenvalue weighted by Gasteiger charge is -2.11. The van der Waals surface area contributed by atoms with E-state index in [2.05, 4.69) is 17.2 Å². The molecular formula is C18H15N3O2. The van der Waals surface area contributed by atoms with Crippen molar-refractivity contribution in [3.05, 3.63) is 77.9 Å². The predicted octanol–water partition coefficient (Wildman–Crippen LogP) is 2.73. The third-order valence-electron chi connectivity index (χ3n) is 3.08. The number of hydrogen-bond acceptors (Lipinski definition) is 3. The highest BCUT2D eigenvalue weighted by Crippen LogP contribution is 2.16. The lowest BCUT2D eigenvalue weighted by atomic mass is 10.1. The number of hydrogen-bond donors (Lipinski definition) is 2. The third kappa shape index (κ3) is 4.05. The van der Waals surface area contributed by atoms with Gasteiger partial charge in [0.1, 0.15) is 0 Å². The average molecular weight is 305 g/mol. The van der Waals surface area contributed by atoms with Crippen LogP contribution in [-0.2, 0) is 0 Å². The standard InChI is InChI=1S/C18H15N3O2/c1-2-10-20-18(23)15-8-3-4-9-16(15)21-17(22)14-7-5-6-13(11-14)12-19/h2-9,11H,1,10H2,(H,20,23)(H,21,22). The average Bonchev–Trinajstić information content (AvgIpc) is 2.60.